The molecule has 1 saturated carbocycles. The Morgan fingerprint density at radius 3 is 2.12 bits per heavy atom. The van der Waals surface area contributed by atoms with Gasteiger partial charge in [-0.2, -0.15) is 13.2 Å². The molecule has 1 aromatic carbocycles. The summed E-state index contributed by atoms with van der Waals surface area (Å²) >= 11 is 0. The van der Waals surface area contributed by atoms with E-state index in [2.05, 4.69) is 0 Å². The van der Waals surface area contributed by atoms with Crippen LogP contribution in [0.3, 0.4) is 0 Å². The normalized spacial score (nSPS) is 18.3. The van der Waals surface area contributed by atoms with Crippen LogP contribution in [-0.2, 0) is 11.0 Å². The maximum absolute atomic E-state index is 12.3. The summed E-state index contributed by atoms with van der Waals surface area (Å²) < 4.78 is 36.9. The second-order valence-electron chi connectivity index (χ2n) is 4.30. The second kappa shape index (κ2) is 4.02. The summed E-state index contributed by atoms with van der Waals surface area (Å²) in [5.41, 5.74) is -0.347. The lowest BCUT2D eigenvalue weighted by atomic mass is 10.1. The molecule has 1 aliphatic rings. The Morgan fingerprint density at radius 1 is 1.12 bits per heavy atom. The Bertz CT molecular complexity index is 439. The van der Waals surface area contributed by atoms with Crippen LogP contribution < -0.4 is 0 Å². The van der Waals surface area contributed by atoms with Crippen LogP contribution in [0.1, 0.15) is 24.0 Å². The highest BCUT2D eigenvalue weighted by Crippen LogP contribution is 2.45. The molecule has 0 radical (unpaired) electrons. The fourth-order valence-electron chi connectivity index (χ4n) is 1.51. The molecule has 0 atom stereocenters. The number of aldehydes is 1. The molecule has 0 spiro atoms. The van der Waals surface area contributed by atoms with Crippen LogP contribution in [0.5, 0.6) is 0 Å². The lowest BCUT2D eigenvalue weighted by molar-refractivity contribution is -0.137. The molecular formula is C13H11F3O. The average Bonchev–Trinajstić information content (AvgIpc) is 3.06. The molecule has 4 heteroatoms. The van der Waals surface area contributed by atoms with E-state index >= 15 is 0 Å². The van der Waals surface area contributed by atoms with Crippen LogP contribution in [0.4, 0.5) is 13.2 Å². The zero-order chi connectivity index (χ0) is 12.5. The highest BCUT2D eigenvalue weighted by atomic mass is 19.4. The van der Waals surface area contributed by atoms with E-state index in [-0.39, 0.29) is 5.41 Å². The molecule has 1 aromatic rings. The van der Waals surface area contributed by atoms with Crippen molar-refractivity contribution < 1.29 is 18.0 Å². The number of benzene rings is 1. The second-order valence-corrected chi connectivity index (χ2v) is 4.30. The molecule has 0 saturated heterocycles. The number of hydrogen-bond acceptors (Lipinski definition) is 1. The number of rotatable bonds is 3. The van der Waals surface area contributed by atoms with Gasteiger partial charge in [0.05, 0.1) is 5.56 Å². The first-order valence-electron chi connectivity index (χ1n) is 5.28. The predicted molar refractivity (Wildman–Crippen MR) is 58.2 cm³/mol. The third kappa shape index (κ3) is 2.75. The first-order chi connectivity index (χ1) is 7.95. The van der Waals surface area contributed by atoms with Crippen molar-refractivity contribution >= 4 is 12.4 Å². The minimum Gasteiger partial charge on any atom is -0.302 e. The minimum absolute atomic E-state index is 0.358. The van der Waals surface area contributed by atoms with Crippen LogP contribution in [0.2, 0.25) is 0 Å². The fourth-order valence-corrected chi connectivity index (χ4v) is 1.51. The van der Waals surface area contributed by atoms with Crippen molar-refractivity contribution in [2.24, 2.45) is 5.41 Å². The topological polar surface area (TPSA) is 17.1 Å². The highest BCUT2D eigenvalue weighted by molar-refractivity contribution is 5.70. The Kier molecular flexibility index (Phi) is 2.81. The zero-order valence-electron chi connectivity index (χ0n) is 9.00. The van der Waals surface area contributed by atoms with Crippen molar-refractivity contribution in [1.82, 2.24) is 0 Å². The van der Waals surface area contributed by atoms with E-state index in [0.29, 0.717) is 5.56 Å². The van der Waals surface area contributed by atoms with Gasteiger partial charge >= 0.3 is 6.18 Å². The van der Waals surface area contributed by atoms with Gasteiger partial charge in [0.15, 0.2) is 0 Å². The van der Waals surface area contributed by atoms with E-state index in [9.17, 15) is 18.0 Å². The van der Waals surface area contributed by atoms with Crippen LogP contribution in [0.15, 0.2) is 30.3 Å². The third-order valence-corrected chi connectivity index (χ3v) is 2.91. The molecule has 0 unspecified atom stereocenters. The SMILES string of the molecule is O=CC1(/C=C/c2ccc(C(F)(F)F)cc2)CC1. The summed E-state index contributed by atoms with van der Waals surface area (Å²) in [7, 11) is 0. The fraction of sp³-hybridized carbons (Fsp3) is 0.308. The molecule has 90 valence electrons. The van der Waals surface area contributed by atoms with Crippen molar-refractivity contribution in [3.63, 3.8) is 0 Å². The quantitative estimate of drug-likeness (QED) is 0.736. The lowest BCUT2D eigenvalue weighted by Crippen LogP contribution is -2.04. The van der Waals surface area contributed by atoms with Crippen molar-refractivity contribution in [3.05, 3.63) is 41.5 Å². The van der Waals surface area contributed by atoms with Gasteiger partial charge in [0.25, 0.3) is 0 Å². The van der Waals surface area contributed by atoms with E-state index in [1.54, 1.807) is 12.2 Å². The van der Waals surface area contributed by atoms with E-state index < -0.39 is 11.7 Å². The van der Waals surface area contributed by atoms with Crippen LogP contribution in [-0.4, -0.2) is 6.29 Å². The summed E-state index contributed by atoms with van der Waals surface area (Å²) in [6, 6.07) is 4.89. The molecule has 1 fully saturated rings. The van der Waals surface area contributed by atoms with E-state index in [0.717, 1.165) is 31.3 Å². The molecule has 0 N–H and O–H groups in total. The molecule has 17 heavy (non-hydrogen) atoms. The molecule has 1 aliphatic carbocycles. The number of carbonyl (C=O) groups is 1. The van der Waals surface area contributed by atoms with Crippen LogP contribution >= 0.6 is 0 Å². The van der Waals surface area contributed by atoms with Gasteiger partial charge in [0, 0.05) is 5.41 Å². The number of hydrogen-bond donors (Lipinski definition) is 0. The summed E-state index contributed by atoms with van der Waals surface area (Å²) in [5.74, 6) is 0. The zero-order valence-corrected chi connectivity index (χ0v) is 9.00. The number of allylic oxidation sites excluding steroid dienone is 1. The predicted octanol–water partition coefficient (Wildman–Crippen LogP) is 3.70. The lowest BCUT2D eigenvalue weighted by Gasteiger charge is -2.06. The number of alkyl halides is 3. The van der Waals surface area contributed by atoms with Gasteiger partial charge in [-0.3, -0.25) is 0 Å². The van der Waals surface area contributed by atoms with E-state index in [4.69, 9.17) is 0 Å². The van der Waals surface area contributed by atoms with Crippen LogP contribution in [0, 0.1) is 5.41 Å². The Morgan fingerprint density at radius 2 is 1.71 bits per heavy atom. The molecule has 1 nitrogen and oxygen atoms in total. The van der Waals surface area contributed by atoms with E-state index in [1.807, 2.05) is 0 Å². The molecule has 0 heterocycles. The average molecular weight is 240 g/mol. The first-order valence-corrected chi connectivity index (χ1v) is 5.28. The van der Waals surface area contributed by atoms with Crippen molar-refractivity contribution in [2.75, 3.05) is 0 Å². The van der Waals surface area contributed by atoms with Gasteiger partial charge in [0.1, 0.15) is 6.29 Å². The standard InChI is InChI=1S/C13H11F3O/c14-13(15,16)11-3-1-10(2-4-11)5-6-12(9-17)7-8-12/h1-6,9H,7-8H2/b6-5+. The molecule has 2 rings (SSSR count). The highest BCUT2D eigenvalue weighted by Gasteiger charge is 2.39. The van der Waals surface area contributed by atoms with Crippen molar-refractivity contribution in [3.8, 4) is 0 Å². The molecule has 0 aromatic heterocycles. The minimum atomic E-state index is -4.30. The van der Waals surface area contributed by atoms with Gasteiger partial charge in [-0.25, -0.2) is 0 Å². The van der Waals surface area contributed by atoms with Gasteiger partial charge in [-0.1, -0.05) is 24.3 Å². The van der Waals surface area contributed by atoms with Gasteiger partial charge < -0.3 is 4.79 Å². The van der Waals surface area contributed by atoms with E-state index in [1.165, 1.54) is 12.1 Å². The maximum atomic E-state index is 12.3. The van der Waals surface area contributed by atoms with Gasteiger partial charge in [0.2, 0.25) is 0 Å². The monoisotopic (exact) mass is 240 g/mol. The largest absolute Gasteiger partial charge is 0.416 e. The summed E-state index contributed by atoms with van der Waals surface area (Å²) in [5, 5.41) is 0. The number of halogens is 3. The van der Waals surface area contributed by atoms with Gasteiger partial charge in [-0.05, 0) is 30.5 Å². The third-order valence-electron chi connectivity index (χ3n) is 2.91. The summed E-state index contributed by atoms with van der Waals surface area (Å²) in [4.78, 5) is 10.7. The first kappa shape index (κ1) is 11.9. The maximum Gasteiger partial charge on any atom is 0.416 e. The Hall–Kier alpha value is -1.58. The molecule has 0 bridgehead atoms. The Labute approximate surface area is 96.9 Å². The van der Waals surface area contributed by atoms with Crippen molar-refractivity contribution in [2.45, 2.75) is 19.0 Å². The summed E-state index contributed by atoms with van der Waals surface area (Å²) in [6.45, 7) is 0. The van der Waals surface area contributed by atoms with Crippen molar-refractivity contribution in [1.29, 1.82) is 0 Å². The molecule has 0 amide bonds. The van der Waals surface area contributed by atoms with Crippen LogP contribution in [0.25, 0.3) is 6.08 Å². The number of carbonyl (C=O) groups excluding carboxylic acids is 1. The molecule has 0 aliphatic heterocycles. The molecular weight excluding hydrogens is 229 g/mol. The smallest absolute Gasteiger partial charge is 0.302 e. The van der Waals surface area contributed by atoms with Gasteiger partial charge in [-0.15, -0.1) is 0 Å². The Balaban J connectivity index is 2.11. The summed E-state index contributed by atoms with van der Waals surface area (Å²) in [6.07, 6.45) is 1.71.